The van der Waals surface area contributed by atoms with Gasteiger partial charge in [0.05, 0.1) is 12.4 Å². The monoisotopic (exact) mass is 446 g/mol. The maximum Gasteiger partial charge on any atom is 0.262 e. The third-order valence-corrected chi connectivity index (χ3v) is 10.8. The Morgan fingerprint density at radius 3 is 1.97 bits per heavy atom. The summed E-state index contributed by atoms with van der Waals surface area (Å²) in [6.45, 7) is 14.0. The first-order chi connectivity index (χ1) is 15.1. The molecule has 0 amide bonds. The molecule has 1 aliphatic rings. The highest BCUT2D eigenvalue weighted by atomic mass is 28.4. The molecule has 170 valence electrons. The van der Waals surface area contributed by atoms with E-state index in [-0.39, 0.29) is 16.6 Å². The number of allylic oxidation sites excluding steroid dienone is 2. The van der Waals surface area contributed by atoms with Gasteiger partial charge in [0, 0.05) is 6.42 Å². The molecule has 1 heterocycles. The minimum Gasteiger partial charge on any atom is -0.482 e. The molecule has 0 saturated carbocycles. The smallest absolute Gasteiger partial charge is 0.262 e. The average molecular weight is 447 g/mol. The van der Waals surface area contributed by atoms with Gasteiger partial charge in [-0.05, 0) is 39.7 Å². The second kappa shape index (κ2) is 10.1. The van der Waals surface area contributed by atoms with Crippen LogP contribution in [0.5, 0.6) is 0 Å². The van der Waals surface area contributed by atoms with Crippen LogP contribution in [0.15, 0.2) is 72.5 Å². The van der Waals surface area contributed by atoms with Gasteiger partial charge in [-0.25, -0.2) is 0 Å². The van der Waals surface area contributed by atoms with Gasteiger partial charge >= 0.3 is 0 Å². The Bertz CT molecular complexity index is 914. The minimum atomic E-state index is -2.54. The second-order valence-corrected chi connectivity index (χ2v) is 15.2. The molecular weight excluding hydrogens is 408 g/mol. The summed E-state index contributed by atoms with van der Waals surface area (Å²) in [5.74, 6) is 7.74. The van der Waals surface area contributed by atoms with Crippen LogP contribution in [0.4, 0.5) is 0 Å². The van der Waals surface area contributed by atoms with Gasteiger partial charge in [0.1, 0.15) is 0 Å². The van der Waals surface area contributed by atoms with Crippen molar-refractivity contribution in [1.29, 1.82) is 0 Å². The highest BCUT2D eigenvalue weighted by Gasteiger charge is 2.50. The lowest BCUT2D eigenvalue weighted by molar-refractivity contribution is 0.117. The zero-order valence-corrected chi connectivity index (χ0v) is 21.6. The number of ether oxygens (including phenoxy) is 1. The molecule has 3 heteroatoms. The number of benzene rings is 2. The van der Waals surface area contributed by atoms with Crippen molar-refractivity contribution in [2.75, 3.05) is 6.61 Å². The topological polar surface area (TPSA) is 18.5 Å². The molecule has 2 aromatic rings. The number of rotatable bonds is 5. The highest BCUT2D eigenvalue weighted by molar-refractivity contribution is 6.99. The van der Waals surface area contributed by atoms with Crippen LogP contribution in [-0.4, -0.2) is 21.0 Å². The van der Waals surface area contributed by atoms with E-state index in [0.29, 0.717) is 6.61 Å². The van der Waals surface area contributed by atoms with Crippen LogP contribution in [0, 0.1) is 17.3 Å². The van der Waals surface area contributed by atoms with Crippen molar-refractivity contribution in [2.24, 2.45) is 5.41 Å². The summed E-state index contributed by atoms with van der Waals surface area (Å²) in [6, 6.07) is 21.4. The van der Waals surface area contributed by atoms with E-state index < -0.39 is 8.32 Å². The van der Waals surface area contributed by atoms with E-state index in [0.717, 1.165) is 25.0 Å². The zero-order valence-electron chi connectivity index (χ0n) is 20.6. The van der Waals surface area contributed by atoms with E-state index in [4.69, 9.17) is 9.16 Å². The summed E-state index contributed by atoms with van der Waals surface area (Å²) in [5, 5.41) is 2.52. The molecule has 1 unspecified atom stereocenters. The maximum atomic E-state index is 6.86. The fourth-order valence-electron chi connectivity index (χ4n) is 4.49. The van der Waals surface area contributed by atoms with Gasteiger partial charge in [-0.3, -0.25) is 0 Å². The molecule has 0 radical (unpaired) electrons. The normalized spacial score (nSPS) is 17.1. The molecule has 32 heavy (non-hydrogen) atoms. The van der Waals surface area contributed by atoms with Gasteiger partial charge in [-0.15, -0.1) is 0 Å². The molecule has 0 saturated heterocycles. The molecule has 1 aliphatic heterocycles. The summed E-state index contributed by atoms with van der Waals surface area (Å²) in [5.41, 5.74) is 0.216. The summed E-state index contributed by atoms with van der Waals surface area (Å²) in [4.78, 5) is 0. The summed E-state index contributed by atoms with van der Waals surface area (Å²) in [6.07, 6.45) is 5.10. The Balaban J connectivity index is 1.82. The molecule has 0 aliphatic carbocycles. The van der Waals surface area contributed by atoms with Crippen LogP contribution in [0.2, 0.25) is 5.04 Å². The van der Waals surface area contributed by atoms with Crippen LogP contribution >= 0.6 is 0 Å². The lowest BCUT2D eigenvalue weighted by Gasteiger charge is -2.42. The molecule has 0 aromatic heterocycles. The molecule has 0 N–H and O–H groups in total. The quantitative estimate of drug-likeness (QED) is 0.410. The molecule has 2 aromatic carbocycles. The van der Waals surface area contributed by atoms with Crippen LogP contribution in [0.25, 0.3) is 0 Å². The zero-order chi connectivity index (χ0) is 23.2. The van der Waals surface area contributed by atoms with E-state index in [2.05, 4.69) is 120 Å². The Morgan fingerprint density at radius 1 is 0.906 bits per heavy atom. The third kappa shape index (κ3) is 5.94. The molecule has 0 bridgehead atoms. The first-order valence-corrected chi connectivity index (χ1v) is 13.6. The third-order valence-electron chi connectivity index (χ3n) is 5.84. The Kier molecular flexibility index (Phi) is 7.70. The van der Waals surface area contributed by atoms with Gasteiger partial charge < -0.3 is 9.16 Å². The predicted octanol–water partition coefficient (Wildman–Crippen LogP) is 6.07. The van der Waals surface area contributed by atoms with E-state index >= 15 is 0 Å². The first-order valence-electron chi connectivity index (χ1n) is 11.7. The summed E-state index contributed by atoms with van der Waals surface area (Å²) < 4.78 is 13.0. The predicted molar refractivity (Wildman–Crippen MR) is 138 cm³/mol. The van der Waals surface area contributed by atoms with Gasteiger partial charge in [-0.1, -0.05) is 114 Å². The van der Waals surface area contributed by atoms with Crippen LogP contribution < -0.4 is 10.4 Å². The molecular formula is C29H38O2Si. The van der Waals surface area contributed by atoms with E-state index in [1.165, 1.54) is 10.4 Å². The highest BCUT2D eigenvalue weighted by Crippen LogP contribution is 2.36. The Morgan fingerprint density at radius 2 is 1.47 bits per heavy atom. The standard InChI is InChI=1S/C29H38O2Si/c1-28(2,3)23-25-16-13-15-24(31-25)17-14-22-30-32(29(4,5)6,26-18-9-7-10-19-26)27-20-11-8-12-21-27/h7-12,16,18-21,24H,13,15,22-23H2,1-6H3. The minimum absolute atomic E-state index is 0.0403. The molecule has 1 atom stereocenters. The van der Waals surface area contributed by atoms with Crippen molar-refractivity contribution < 1.29 is 9.16 Å². The van der Waals surface area contributed by atoms with Crippen molar-refractivity contribution in [2.45, 2.75) is 71.9 Å². The summed E-state index contributed by atoms with van der Waals surface area (Å²) in [7, 11) is -2.54. The largest absolute Gasteiger partial charge is 0.482 e. The fraction of sp³-hybridized carbons (Fsp3) is 0.448. The van der Waals surface area contributed by atoms with Crippen molar-refractivity contribution in [3.05, 3.63) is 72.5 Å². The maximum absolute atomic E-state index is 6.86. The molecule has 3 rings (SSSR count). The Hall–Kier alpha value is -2.28. The summed E-state index contributed by atoms with van der Waals surface area (Å²) >= 11 is 0. The molecule has 2 nitrogen and oxygen atoms in total. The van der Waals surface area contributed by atoms with Gasteiger partial charge in [0.2, 0.25) is 0 Å². The average Bonchev–Trinajstić information content (AvgIpc) is 2.73. The van der Waals surface area contributed by atoms with Crippen molar-refractivity contribution in [1.82, 2.24) is 0 Å². The van der Waals surface area contributed by atoms with Gasteiger partial charge in [0.15, 0.2) is 6.10 Å². The molecule has 0 spiro atoms. The van der Waals surface area contributed by atoms with Crippen LogP contribution in [-0.2, 0) is 9.16 Å². The lowest BCUT2D eigenvalue weighted by atomic mass is 9.90. The second-order valence-electron chi connectivity index (χ2n) is 10.9. The van der Waals surface area contributed by atoms with Crippen molar-refractivity contribution in [3.8, 4) is 11.8 Å². The van der Waals surface area contributed by atoms with Gasteiger partial charge in [-0.2, -0.15) is 0 Å². The van der Waals surface area contributed by atoms with E-state index in [9.17, 15) is 0 Å². The van der Waals surface area contributed by atoms with Gasteiger partial charge in [0.25, 0.3) is 8.32 Å². The first kappa shape index (κ1) is 24.4. The number of hydrogen-bond acceptors (Lipinski definition) is 2. The fourth-order valence-corrected chi connectivity index (χ4v) is 8.93. The van der Waals surface area contributed by atoms with Crippen LogP contribution in [0.1, 0.15) is 60.8 Å². The Labute approximate surface area is 196 Å². The SMILES string of the molecule is CC(C)(C)CC1=CCCC(C#CCO[Si](c2ccccc2)(c2ccccc2)C(C)(C)C)O1. The molecule has 0 fully saturated rings. The van der Waals surface area contributed by atoms with Crippen molar-refractivity contribution >= 4 is 18.7 Å². The van der Waals surface area contributed by atoms with Crippen molar-refractivity contribution in [3.63, 3.8) is 0 Å². The van der Waals surface area contributed by atoms with E-state index in [1.54, 1.807) is 0 Å². The van der Waals surface area contributed by atoms with E-state index in [1.807, 2.05) is 0 Å². The number of hydrogen-bond donors (Lipinski definition) is 0. The lowest BCUT2D eigenvalue weighted by Crippen LogP contribution is -2.66. The van der Waals surface area contributed by atoms with Crippen LogP contribution in [0.3, 0.4) is 0 Å².